The van der Waals surface area contributed by atoms with Gasteiger partial charge in [-0.1, -0.05) is 6.07 Å². The molecule has 1 saturated heterocycles. The molecule has 0 atom stereocenters. The second-order valence-corrected chi connectivity index (χ2v) is 4.24. The third-order valence-corrected chi connectivity index (χ3v) is 3.25. The Bertz CT molecular complexity index is 500. The molecule has 1 aliphatic heterocycles. The number of imidazole rings is 1. The monoisotopic (exact) mass is 219 g/mol. The smallest absolute Gasteiger partial charge is 0.149 e. The van der Waals surface area contributed by atoms with E-state index in [-0.39, 0.29) is 5.82 Å². The van der Waals surface area contributed by atoms with E-state index in [0.29, 0.717) is 11.6 Å². The van der Waals surface area contributed by atoms with Gasteiger partial charge in [-0.3, -0.25) is 0 Å². The van der Waals surface area contributed by atoms with Crippen molar-refractivity contribution in [1.29, 1.82) is 0 Å². The van der Waals surface area contributed by atoms with Gasteiger partial charge < -0.3 is 9.88 Å². The molecule has 2 aromatic rings. The molecule has 4 heteroatoms. The summed E-state index contributed by atoms with van der Waals surface area (Å²) in [4.78, 5) is 4.26. The Morgan fingerprint density at radius 1 is 1.31 bits per heavy atom. The molecule has 1 fully saturated rings. The van der Waals surface area contributed by atoms with Crippen LogP contribution in [-0.2, 0) is 0 Å². The number of nitrogens with zero attached hydrogens (tertiary/aromatic N) is 2. The minimum absolute atomic E-state index is 0.173. The van der Waals surface area contributed by atoms with Gasteiger partial charge in [-0.05, 0) is 38.1 Å². The minimum atomic E-state index is -0.173. The lowest BCUT2D eigenvalue weighted by molar-refractivity contribution is 0.372. The van der Waals surface area contributed by atoms with Crippen molar-refractivity contribution in [3.05, 3.63) is 30.3 Å². The van der Waals surface area contributed by atoms with Crippen LogP contribution in [0, 0.1) is 5.82 Å². The van der Waals surface area contributed by atoms with E-state index in [1.54, 1.807) is 12.4 Å². The van der Waals surface area contributed by atoms with Crippen molar-refractivity contribution < 1.29 is 4.39 Å². The van der Waals surface area contributed by atoms with Gasteiger partial charge in [-0.25, -0.2) is 9.37 Å². The molecule has 1 N–H and O–H groups in total. The quantitative estimate of drug-likeness (QED) is 0.796. The van der Waals surface area contributed by atoms with Crippen molar-refractivity contribution in [2.75, 3.05) is 13.1 Å². The van der Waals surface area contributed by atoms with Gasteiger partial charge >= 0.3 is 0 Å². The van der Waals surface area contributed by atoms with Gasteiger partial charge in [-0.15, -0.1) is 0 Å². The van der Waals surface area contributed by atoms with Crippen LogP contribution in [0.15, 0.2) is 24.5 Å². The maximum atomic E-state index is 13.8. The zero-order valence-electron chi connectivity index (χ0n) is 8.99. The summed E-state index contributed by atoms with van der Waals surface area (Å²) in [6.07, 6.45) is 3.85. The molecule has 0 amide bonds. The molecule has 3 nitrogen and oxygen atoms in total. The third kappa shape index (κ3) is 1.50. The van der Waals surface area contributed by atoms with E-state index in [1.165, 1.54) is 6.07 Å². The van der Waals surface area contributed by atoms with Crippen molar-refractivity contribution >= 4 is 11.0 Å². The average molecular weight is 219 g/mol. The average Bonchev–Trinajstić information content (AvgIpc) is 2.75. The first kappa shape index (κ1) is 9.78. The van der Waals surface area contributed by atoms with E-state index in [9.17, 15) is 4.39 Å². The van der Waals surface area contributed by atoms with Crippen LogP contribution >= 0.6 is 0 Å². The number of rotatable bonds is 1. The highest BCUT2D eigenvalue weighted by atomic mass is 19.1. The lowest BCUT2D eigenvalue weighted by Crippen LogP contribution is -2.29. The summed E-state index contributed by atoms with van der Waals surface area (Å²) < 4.78 is 15.8. The molecule has 3 rings (SSSR count). The van der Waals surface area contributed by atoms with Crippen molar-refractivity contribution in [3.63, 3.8) is 0 Å². The molecule has 0 radical (unpaired) electrons. The van der Waals surface area contributed by atoms with Crippen LogP contribution in [0.2, 0.25) is 0 Å². The van der Waals surface area contributed by atoms with Gasteiger partial charge in [0, 0.05) is 6.04 Å². The topological polar surface area (TPSA) is 29.9 Å². The number of benzene rings is 1. The normalized spacial score (nSPS) is 18.1. The number of halogens is 1. The number of fused-ring (bicyclic) bond motifs is 1. The van der Waals surface area contributed by atoms with Gasteiger partial charge in [0.2, 0.25) is 0 Å². The lowest BCUT2D eigenvalue weighted by atomic mass is 10.1. The predicted octanol–water partition coefficient (Wildman–Crippen LogP) is 2.10. The van der Waals surface area contributed by atoms with Crippen molar-refractivity contribution in [2.45, 2.75) is 18.9 Å². The molecule has 1 aromatic carbocycles. The Labute approximate surface area is 93.3 Å². The van der Waals surface area contributed by atoms with Crippen LogP contribution in [0.4, 0.5) is 4.39 Å². The predicted molar refractivity (Wildman–Crippen MR) is 60.8 cm³/mol. The highest BCUT2D eigenvalue weighted by Gasteiger charge is 2.18. The highest BCUT2D eigenvalue weighted by molar-refractivity contribution is 5.75. The van der Waals surface area contributed by atoms with Crippen LogP contribution in [0.1, 0.15) is 18.9 Å². The number of para-hydroxylation sites is 1. The molecular formula is C12H14FN3. The largest absolute Gasteiger partial charge is 0.325 e. The Morgan fingerprint density at radius 3 is 2.94 bits per heavy atom. The molecule has 0 bridgehead atoms. The van der Waals surface area contributed by atoms with Gasteiger partial charge in [0.25, 0.3) is 0 Å². The van der Waals surface area contributed by atoms with Gasteiger partial charge in [-0.2, -0.15) is 0 Å². The summed E-state index contributed by atoms with van der Waals surface area (Å²) in [5.74, 6) is -0.173. The minimum Gasteiger partial charge on any atom is -0.325 e. The van der Waals surface area contributed by atoms with E-state index >= 15 is 0 Å². The Hall–Kier alpha value is -1.42. The Kier molecular flexibility index (Phi) is 2.36. The fourth-order valence-electron chi connectivity index (χ4n) is 2.41. The van der Waals surface area contributed by atoms with Crippen LogP contribution < -0.4 is 5.32 Å². The first-order chi connectivity index (χ1) is 7.86. The number of aromatic nitrogens is 2. The van der Waals surface area contributed by atoms with Gasteiger partial charge in [0.05, 0.1) is 11.8 Å². The fourth-order valence-corrected chi connectivity index (χ4v) is 2.41. The number of nitrogens with one attached hydrogen (secondary N) is 1. The molecule has 84 valence electrons. The summed E-state index contributed by atoms with van der Waals surface area (Å²) >= 11 is 0. The molecule has 1 aliphatic rings. The standard InChI is InChI=1S/C12H14FN3/c13-10-2-1-3-11-12(10)16(8-15-11)9-4-6-14-7-5-9/h1-3,8-9,14H,4-7H2. The molecule has 2 heterocycles. The second-order valence-electron chi connectivity index (χ2n) is 4.24. The fraction of sp³-hybridized carbons (Fsp3) is 0.417. The van der Waals surface area contributed by atoms with Crippen LogP contribution in [0.25, 0.3) is 11.0 Å². The van der Waals surface area contributed by atoms with E-state index < -0.39 is 0 Å². The SMILES string of the molecule is Fc1cccc2ncn(C3CCNCC3)c12. The van der Waals surface area contributed by atoms with Crippen molar-refractivity contribution in [1.82, 2.24) is 14.9 Å². The van der Waals surface area contributed by atoms with Crippen LogP contribution in [0.3, 0.4) is 0 Å². The molecule has 0 aliphatic carbocycles. The lowest BCUT2D eigenvalue weighted by Gasteiger charge is -2.24. The van der Waals surface area contributed by atoms with Crippen LogP contribution in [-0.4, -0.2) is 22.6 Å². The van der Waals surface area contributed by atoms with E-state index in [0.717, 1.165) is 31.4 Å². The number of hydrogen-bond acceptors (Lipinski definition) is 2. The summed E-state index contributed by atoms with van der Waals surface area (Å²) in [5.41, 5.74) is 1.40. The Balaban J connectivity index is 2.09. The molecule has 0 unspecified atom stereocenters. The summed E-state index contributed by atoms with van der Waals surface area (Å²) in [6, 6.07) is 5.44. The number of piperidine rings is 1. The highest BCUT2D eigenvalue weighted by Crippen LogP contribution is 2.25. The van der Waals surface area contributed by atoms with E-state index in [1.807, 2.05) is 10.6 Å². The van der Waals surface area contributed by atoms with Gasteiger partial charge in [0.15, 0.2) is 0 Å². The third-order valence-electron chi connectivity index (χ3n) is 3.25. The first-order valence-electron chi connectivity index (χ1n) is 5.68. The zero-order valence-corrected chi connectivity index (χ0v) is 8.99. The summed E-state index contributed by atoms with van der Waals surface area (Å²) in [6.45, 7) is 2.00. The molecule has 16 heavy (non-hydrogen) atoms. The molecule has 0 saturated carbocycles. The molecular weight excluding hydrogens is 205 g/mol. The zero-order chi connectivity index (χ0) is 11.0. The van der Waals surface area contributed by atoms with E-state index in [4.69, 9.17) is 0 Å². The van der Waals surface area contributed by atoms with Crippen molar-refractivity contribution in [3.8, 4) is 0 Å². The number of hydrogen-bond donors (Lipinski definition) is 1. The van der Waals surface area contributed by atoms with Crippen LogP contribution in [0.5, 0.6) is 0 Å². The Morgan fingerprint density at radius 2 is 2.12 bits per heavy atom. The maximum absolute atomic E-state index is 13.8. The molecule has 0 spiro atoms. The van der Waals surface area contributed by atoms with Crippen molar-refractivity contribution in [2.24, 2.45) is 0 Å². The van der Waals surface area contributed by atoms with Gasteiger partial charge in [0.1, 0.15) is 11.3 Å². The maximum Gasteiger partial charge on any atom is 0.149 e. The molecule has 1 aromatic heterocycles. The summed E-state index contributed by atoms with van der Waals surface area (Å²) in [7, 11) is 0. The first-order valence-corrected chi connectivity index (χ1v) is 5.68. The second kappa shape index (κ2) is 3.87. The summed E-state index contributed by atoms with van der Waals surface area (Å²) in [5, 5.41) is 3.31. The van der Waals surface area contributed by atoms with E-state index in [2.05, 4.69) is 10.3 Å².